The summed E-state index contributed by atoms with van der Waals surface area (Å²) in [4.78, 5) is 26.4. The highest BCUT2D eigenvalue weighted by Gasteiger charge is 2.19. The summed E-state index contributed by atoms with van der Waals surface area (Å²) in [5, 5.41) is 0.700. The Labute approximate surface area is 150 Å². The number of hydrogen-bond acceptors (Lipinski definition) is 5. The molecule has 0 spiro atoms. The first-order valence-corrected chi connectivity index (χ1v) is 8.02. The summed E-state index contributed by atoms with van der Waals surface area (Å²) >= 11 is 0. The average Bonchev–Trinajstić information content (AvgIpc) is 2.67. The minimum atomic E-state index is -0.651. The van der Waals surface area contributed by atoms with Crippen molar-refractivity contribution in [3.05, 3.63) is 70.1 Å². The van der Waals surface area contributed by atoms with Gasteiger partial charge in [0.1, 0.15) is 22.6 Å². The van der Waals surface area contributed by atoms with E-state index in [1.807, 2.05) is 12.1 Å². The second-order valence-corrected chi connectivity index (χ2v) is 5.82. The number of fused-ring (bicyclic) bond motifs is 1. The van der Waals surface area contributed by atoms with Gasteiger partial charge in [0.25, 0.3) is 5.91 Å². The van der Waals surface area contributed by atoms with E-state index in [9.17, 15) is 9.59 Å². The summed E-state index contributed by atoms with van der Waals surface area (Å²) in [6.07, 6.45) is 0. The molecule has 0 unspecified atom stereocenters. The molecule has 3 aromatic rings. The van der Waals surface area contributed by atoms with E-state index < -0.39 is 11.5 Å². The van der Waals surface area contributed by atoms with Crippen molar-refractivity contribution in [3.8, 4) is 11.5 Å². The van der Waals surface area contributed by atoms with Crippen molar-refractivity contribution in [2.45, 2.75) is 6.54 Å². The molecule has 1 amide bonds. The van der Waals surface area contributed by atoms with Gasteiger partial charge < -0.3 is 18.8 Å². The molecule has 0 aliphatic carbocycles. The van der Waals surface area contributed by atoms with Crippen LogP contribution in [-0.2, 0) is 6.54 Å². The van der Waals surface area contributed by atoms with Crippen LogP contribution >= 0.6 is 0 Å². The molecule has 0 atom stereocenters. The lowest BCUT2D eigenvalue weighted by atomic mass is 10.1. The highest BCUT2D eigenvalue weighted by Crippen LogP contribution is 2.26. The van der Waals surface area contributed by atoms with E-state index in [1.54, 1.807) is 57.7 Å². The summed E-state index contributed by atoms with van der Waals surface area (Å²) < 4.78 is 15.8. The average molecular weight is 353 g/mol. The lowest BCUT2D eigenvalue weighted by Gasteiger charge is -2.19. The molecule has 0 aliphatic heterocycles. The van der Waals surface area contributed by atoms with Gasteiger partial charge in [-0.1, -0.05) is 18.2 Å². The fourth-order valence-electron chi connectivity index (χ4n) is 2.73. The highest BCUT2D eigenvalue weighted by atomic mass is 16.5. The zero-order valence-corrected chi connectivity index (χ0v) is 14.8. The van der Waals surface area contributed by atoms with Crippen molar-refractivity contribution < 1.29 is 18.7 Å². The lowest BCUT2D eigenvalue weighted by molar-refractivity contribution is 0.0780. The van der Waals surface area contributed by atoms with Gasteiger partial charge >= 0.3 is 5.63 Å². The van der Waals surface area contributed by atoms with Gasteiger partial charge in [-0.3, -0.25) is 4.79 Å². The van der Waals surface area contributed by atoms with E-state index in [-0.39, 0.29) is 12.1 Å². The van der Waals surface area contributed by atoms with Gasteiger partial charge in [0.2, 0.25) is 0 Å². The van der Waals surface area contributed by atoms with Gasteiger partial charge in [0, 0.05) is 30.6 Å². The lowest BCUT2D eigenvalue weighted by Crippen LogP contribution is -2.30. The Bertz CT molecular complexity index is 1010. The first kappa shape index (κ1) is 17.5. The van der Waals surface area contributed by atoms with Gasteiger partial charge in [-0.25, -0.2) is 4.79 Å². The Morgan fingerprint density at radius 2 is 1.85 bits per heavy atom. The molecule has 0 saturated heterocycles. The Balaban J connectivity index is 1.89. The normalized spacial score (nSPS) is 10.6. The van der Waals surface area contributed by atoms with Crippen LogP contribution in [0.4, 0.5) is 0 Å². The number of ether oxygens (including phenoxy) is 2. The van der Waals surface area contributed by atoms with Crippen LogP contribution in [0.2, 0.25) is 0 Å². The Hall–Kier alpha value is -3.28. The predicted molar refractivity (Wildman–Crippen MR) is 97.8 cm³/mol. The molecule has 26 heavy (non-hydrogen) atoms. The molecule has 0 radical (unpaired) electrons. The summed E-state index contributed by atoms with van der Waals surface area (Å²) in [5.74, 6) is 0.853. The third-order valence-corrected chi connectivity index (χ3v) is 4.12. The van der Waals surface area contributed by atoms with Crippen LogP contribution in [0.1, 0.15) is 15.9 Å². The summed E-state index contributed by atoms with van der Waals surface area (Å²) in [5.41, 5.74) is 0.601. The molecule has 0 bridgehead atoms. The molecule has 2 aromatic carbocycles. The fraction of sp³-hybridized carbons (Fsp3) is 0.200. The van der Waals surface area contributed by atoms with Crippen molar-refractivity contribution >= 4 is 16.9 Å². The van der Waals surface area contributed by atoms with Crippen molar-refractivity contribution in [2.24, 2.45) is 0 Å². The second-order valence-electron chi connectivity index (χ2n) is 5.82. The van der Waals surface area contributed by atoms with Crippen LogP contribution in [0.3, 0.4) is 0 Å². The topological polar surface area (TPSA) is 69.0 Å². The van der Waals surface area contributed by atoms with Crippen LogP contribution < -0.4 is 15.1 Å². The number of rotatable bonds is 5. The van der Waals surface area contributed by atoms with E-state index >= 15 is 0 Å². The summed E-state index contributed by atoms with van der Waals surface area (Å²) in [6.45, 7) is 0.276. The fourth-order valence-corrected chi connectivity index (χ4v) is 2.73. The number of carbonyl (C=O) groups excluding carboxylic acids is 1. The van der Waals surface area contributed by atoms with E-state index in [4.69, 9.17) is 13.9 Å². The molecule has 0 aliphatic rings. The Morgan fingerprint density at radius 3 is 2.58 bits per heavy atom. The third-order valence-electron chi connectivity index (χ3n) is 4.12. The number of para-hydroxylation sites is 1. The molecule has 0 saturated carbocycles. The third kappa shape index (κ3) is 3.39. The van der Waals surface area contributed by atoms with Crippen LogP contribution in [-0.4, -0.2) is 32.1 Å². The minimum Gasteiger partial charge on any atom is -0.497 e. The van der Waals surface area contributed by atoms with Crippen LogP contribution in [0.5, 0.6) is 11.5 Å². The molecule has 0 fully saturated rings. The standard InChI is InChI=1S/C20H19NO5/c1-21(12-14-8-9-15(24-2)11-18(14)25-3)19(22)16-10-13-6-4-5-7-17(13)26-20(16)23/h4-11H,12H2,1-3H3. The Kier molecular flexibility index (Phi) is 4.93. The molecule has 3 rings (SSSR count). The van der Waals surface area contributed by atoms with Gasteiger partial charge in [0.15, 0.2) is 0 Å². The maximum absolute atomic E-state index is 12.7. The van der Waals surface area contributed by atoms with Crippen LogP contribution in [0.25, 0.3) is 11.0 Å². The molecular formula is C20H19NO5. The molecule has 1 aromatic heterocycles. The predicted octanol–water partition coefficient (Wildman–Crippen LogP) is 3.08. The first-order valence-electron chi connectivity index (χ1n) is 8.02. The van der Waals surface area contributed by atoms with E-state index in [2.05, 4.69) is 0 Å². The van der Waals surface area contributed by atoms with Gasteiger partial charge in [-0.2, -0.15) is 0 Å². The van der Waals surface area contributed by atoms with Crippen molar-refractivity contribution in [1.29, 1.82) is 0 Å². The van der Waals surface area contributed by atoms with Gasteiger partial charge in [-0.05, 0) is 24.3 Å². The number of methoxy groups -OCH3 is 2. The monoisotopic (exact) mass is 353 g/mol. The van der Waals surface area contributed by atoms with E-state index in [0.717, 1.165) is 5.56 Å². The van der Waals surface area contributed by atoms with Gasteiger partial charge in [-0.15, -0.1) is 0 Å². The minimum absolute atomic E-state index is 0.00122. The molecule has 6 heteroatoms. The van der Waals surface area contributed by atoms with E-state index in [0.29, 0.717) is 22.5 Å². The largest absolute Gasteiger partial charge is 0.497 e. The van der Waals surface area contributed by atoms with Crippen molar-refractivity contribution in [1.82, 2.24) is 4.90 Å². The molecule has 134 valence electrons. The zero-order valence-electron chi connectivity index (χ0n) is 14.8. The number of hydrogen-bond donors (Lipinski definition) is 0. The molecule has 6 nitrogen and oxygen atoms in total. The van der Waals surface area contributed by atoms with Crippen LogP contribution in [0.15, 0.2) is 57.7 Å². The van der Waals surface area contributed by atoms with Crippen LogP contribution in [0, 0.1) is 0 Å². The SMILES string of the molecule is COc1ccc(CN(C)C(=O)c2cc3ccccc3oc2=O)c(OC)c1. The molecule has 1 heterocycles. The highest BCUT2D eigenvalue weighted by molar-refractivity contribution is 5.96. The quantitative estimate of drug-likeness (QED) is 0.659. The molecule has 0 N–H and O–H groups in total. The van der Waals surface area contributed by atoms with Gasteiger partial charge in [0.05, 0.1) is 14.2 Å². The second kappa shape index (κ2) is 7.31. The van der Waals surface area contributed by atoms with Crippen molar-refractivity contribution in [3.63, 3.8) is 0 Å². The summed E-state index contributed by atoms with van der Waals surface area (Å²) in [6, 6.07) is 14.0. The van der Waals surface area contributed by atoms with Crippen molar-refractivity contribution in [2.75, 3.05) is 21.3 Å². The zero-order chi connectivity index (χ0) is 18.7. The maximum Gasteiger partial charge on any atom is 0.349 e. The smallest absolute Gasteiger partial charge is 0.349 e. The maximum atomic E-state index is 12.7. The summed E-state index contributed by atoms with van der Waals surface area (Å²) in [7, 11) is 4.75. The molecular weight excluding hydrogens is 334 g/mol. The number of amides is 1. The number of carbonyl (C=O) groups is 1. The number of benzene rings is 2. The number of nitrogens with zero attached hydrogens (tertiary/aromatic N) is 1. The Morgan fingerprint density at radius 1 is 1.08 bits per heavy atom. The first-order chi connectivity index (χ1) is 12.5. The van der Waals surface area contributed by atoms with E-state index in [1.165, 1.54) is 4.90 Å².